The summed E-state index contributed by atoms with van der Waals surface area (Å²) in [5.41, 5.74) is 1.18. The Labute approximate surface area is 137 Å². The Balaban J connectivity index is 1.74. The molecule has 6 heteroatoms. The smallest absolute Gasteiger partial charge is 0.269 e. The lowest BCUT2D eigenvalue weighted by Crippen LogP contribution is -2.43. The Morgan fingerprint density at radius 3 is 2.43 bits per heavy atom. The van der Waals surface area contributed by atoms with Gasteiger partial charge in [0.2, 0.25) is 0 Å². The van der Waals surface area contributed by atoms with E-state index in [1.807, 2.05) is 26.0 Å². The summed E-state index contributed by atoms with van der Waals surface area (Å²) in [6.07, 6.45) is 2.66. The van der Waals surface area contributed by atoms with E-state index in [-0.39, 0.29) is 16.7 Å². The molecule has 23 heavy (non-hydrogen) atoms. The number of aliphatic hydroxyl groups excluding tert-OH is 1. The molecule has 0 spiro atoms. The van der Waals surface area contributed by atoms with Crippen molar-refractivity contribution in [3.8, 4) is 0 Å². The zero-order valence-corrected chi connectivity index (χ0v) is 13.9. The largest absolute Gasteiger partial charge is 0.393 e. The van der Waals surface area contributed by atoms with E-state index in [0.717, 1.165) is 44.6 Å². The third-order valence-corrected chi connectivity index (χ3v) is 4.56. The molecule has 0 saturated carbocycles. The molecule has 1 aromatic carbocycles. The maximum absolute atomic E-state index is 10.7. The van der Waals surface area contributed by atoms with Crippen molar-refractivity contribution in [2.24, 2.45) is 5.92 Å². The van der Waals surface area contributed by atoms with E-state index in [2.05, 4.69) is 10.2 Å². The lowest BCUT2D eigenvalue weighted by atomic mass is 10.0. The van der Waals surface area contributed by atoms with E-state index in [0.29, 0.717) is 12.0 Å². The molecule has 2 N–H and O–H groups in total. The molecule has 128 valence electrons. The molecule has 2 rings (SSSR count). The molecule has 1 heterocycles. The molecule has 1 aromatic rings. The van der Waals surface area contributed by atoms with Gasteiger partial charge in [0.25, 0.3) is 5.69 Å². The lowest BCUT2D eigenvalue weighted by Gasteiger charge is -2.34. The van der Waals surface area contributed by atoms with Crippen molar-refractivity contribution >= 4 is 11.4 Å². The molecule has 0 bridgehead atoms. The maximum Gasteiger partial charge on any atom is 0.269 e. The van der Waals surface area contributed by atoms with Crippen LogP contribution >= 0.6 is 0 Å². The monoisotopic (exact) mass is 321 g/mol. The number of nitro groups is 1. The van der Waals surface area contributed by atoms with Gasteiger partial charge in [0.05, 0.1) is 11.0 Å². The summed E-state index contributed by atoms with van der Waals surface area (Å²) in [7, 11) is 0. The topological polar surface area (TPSA) is 78.6 Å². The highest BCUT2D eigenvalue weighted by Crippen LogP contribution is 2.22. The van der Waals surface area contributed by atoms with E-state index in [4.69, 9.17) is 0 Å². The summed E-state index contributed by atoms with van der Waals surface area (Å²) in [5, 5.41) is 24.0. The Morgan fingerprint density at radius 1 is 1.30 bits per heavy atom. The first kappa shape index (κ1) is 17.7. The molecule has 1 aliphatic rings. The molecule has 0 amide bonds. The van der Waals surface area contributed by atoms with Crippen LogP contribution in [-0.2, 0) is 0 Å². The minimum atomic E-state index is -0.370. The van der Waals surface area contributed by atoms with Crippen LogP contribution < -0.4 is 10.2 Å². The number of anilines is 1. The van der Waals surface area contributed by atoms with Gasteiger partial charge in [0.15, 0.2) is 0 Å². The molecule has 6 nitrogen and oxygen atoms in total. The summed E-state index contributed by atoms with van der Waals surface area (Å²) >= 11 is 0. The summed E-state index contributed by atoms with van der Waals surface area (Å²) < 4.78 is 0. The fourth-order valence-corrected chi connectivity index (χ4v) is 2.90. The number of benzene rings is 1. The predicted molar refractivity (Wildman–Crippen MR) is 91.8 cm³/mol. The van der Waals surface area contributed by atoms with E-state index >= 15 is 0 Å². The molecular formula is C17H27N3O3. The van der Waals surface area contributed by atoms with E-state index < -0.39 is 0 Å². The second-order valence-corrected chi connectivity index (χ2v) is 6.59. The number of piperidine rings is 1. The Hall–Kier alpha value is -1.66. The van der Waals surface area contributed by atoms with E-state index in [9.17, 15) is 15.2 Å². The van der Waals surface area contributed by atoms with Crippen LogP contribution in [0.15, 0.2) is 24.3 Å². The molecule has 1 atom stereocenters. The predicted octanol–water partition coefficient (Wildman–Crippen LogP) is 2.56. The van der Waals surface area contributed by atoms with Crippen LogP contribution in [0.2, 0.25) is 0 Å². The zero-order valence-electron chi connectivity index (χ0n) is 13.9. The Kier molecular flexibility index (Phi) is 6.36. The first-order chi connectivity index (χ1) is 11.0. The Bertz CT molecular complexity index is 496. The van der Waals surface area contributed by atoms with Gasteiger partial charge in [-0.2, -0.15) is 0 Å². The molecule has 1 aliphatic heterocycles. The van der Waals surface area contributed by atoms with Crippen LogP contribution in [-0.4, -0.2) is 41.8 Å². The van der Waals surface area contributed by atoms with Crippen LogP contribution in [0.1, 0.15) is 33.1 Å². The second-order valence-electron chi connectivity index (χ2n) is 6.59. The van der Waals surface area contributed by atoms with Gasteiger partial charge in [0.1, 0.15) is 0 Å². The van der Waals surface area contributed by atoms with Crippen molar-refractivity contribution in [1.82, 2.24) is 5.32 Å². The minimum absolute atomic E-state index is 0.133. The van der Waals surface area contributed by atoms with Crippen molar-refractivity contribution < 1.29 is 10.0 Å². The SMILES string of the molecule is CC(C)C(O)CCNC1CCN(c2ccc([N+](=O)[O-])cc2)CC1. The van der Waals surface area contributed by atoms with Crippen LogP contribution in [0.4, 0.5) is 11.4 Å². The van der Waals surface area contributed by atoms with Gasteiger partial charge in [-0.1, -0.05) is 13.8 Å². The van der Waals surface area contributed by atoms with Crippen LogP contribution in [0.3, 0.4) is 0 Å². The van der Waals surface area contributed by atoms with Crippen LogP contribution in [0, 0.1) is 16.0 Å². The highest BCUT2D eigenvalue weighted by atomic mass is 16.6. The van der Waals surface area contributed by atoms with Gasteiger partial charge in [-0.15, -0.1) is 0 Å². The highest BCUT2D eigenvalue weighted by Gasteiger charge is 2.20. The maximum atomic E-state index is 10.7. The van der Waals surface area contributed by atoms with Crippen molar-refractivity contribution in [3.05, 3.63) is 34.4 Å². The molecule has 1 saturated heterocycles. The number of rotatable bonds is 7. The summed E-state index contributed by atoms with van der Waals surface area (Å²) in [6, 6.07) is 7.26. The van der Waals surface area contributed by atoms with Gasteiger partial charge in [-0.25, -0.2) is 0 Å². The first-order valence-electron chi connectivity index (χ1n) is 8.38. The zero-order chi connectivity index (χ0) is 16.8. The number of non-ortho nitro benzene ring substituents is 1. The standard InChI is InChI=1S/C17H27N3O3/c1-13(2)17(21)7-10-18-14-8-11-19(12-9-14)15-3-5-16(6-4-15)20(22)23/h3-6,13-14,17-18,21H,7-12H2,1-2H3. The lowest BCUT2D eigenvalue weighted by molar-refractivity contribution is -0.384. The van der Waals surface area contributed by atoms with Crippen molar-refractivity contribution in [3.63, 3.8) is 0 Å². The van der Waals surface area contributed by atoms with Gasteiger partial charge in [-0.3, -0.25) is 10.1 Å². The summed E-state index contributed by atoms with van der Waals surface area (Å²) in [4.78, 5) is 12.6. The quantitative estimate of drug-likeness (QED) is 0.596. The van der Waals surface area contributed by atoms with Crippen molar-refractivity contribution in [1.29, 1.82) is 0 Å². The number of nitro benzene ring substituents is 1. The Morgan fingerprint density at radius 2 is 1.91 bits per heavy atom. The molecule has 0 aliphatic carbocycles. The highest BCUT2D eigenvalue weighted by molar-refractivity contribution is 5.51. The number of hydrogen-bond acceptors (Lipinski definition) is 5. The third-order valence-electron chi connectivity index (χ3n) is 4.56. The summed E-state index contributed by atoms with van der Waals surface area (Å²) in [6.45, 7) is 6.81. The van der Waals surface area contributed by atoms with Crippen molar-refractivity contribution in [2.45, 2.75) is 45.3 Å². The number of nitrogens with one attached hydrogen (secondary N) is 1. The van der Waals surface area contributed by atoms with Gasteiger partial charge in [-0.05, 0) is 43.9 Å². The molecule has 0 aromatic heterocycles. The van der Waals surface area contributed by atoms with Gasteiger partial charge >= 0.3 is 0 Å². The fourth-order valence-electron chi connectivity index (χ4n) is 2.90. The number of hydrogen-bond donors (Lipinski definition) is 2. The van der Waals surface area contributed by atoms with Crippen LogP contribution in [0.25, 0.3) is 0 Å². The van der Waals surface area contributed by atoms with Crippen molar-refractivity contribution in [2.75, 3.05) is 24.5 Å². The average Bonchev–Trinajstić information content (AvgIpc) is 2.55. The minimum Gasteiger partial charge on any atom is -0.393 e. The third kappa shape index (κ3) is 5.18. The first-order valence-corrected chi connectivity index (χ1v) is 8.38. The molecular weight excluding hydrogens is 294 g/mol. The molecule has 1 unspecified atom stereocenters. The summed E-state index contributed by atoms with van der Waals surface area (Å²) in [5.74, 6) is 0.306. The average molecular weight is 321 g/mol. The fraction of sp³-hybridized carbons (Fsp3) is 0.647. The van der Waals surface area contributed by atoms with Crippen LogP contribution in [0.5, 0.6) is 0 Å². The number of aliphatic hydroxyl groups is 1. The van der Waals surface area contributed by atoms with E-state index in [1.54, 1.807) is 12.1 Å². The second kappa shape index (κ2) is 8.26. The van der Waals surface area contributed by atoms with E-state index in [1.165, 1.54) is 0 Å². The molecule has 1 fully saturated rings. The number of nitrogens with zero attached hydrogens (tertiary/aromatic N) is 2. The normalized spacial score (nSPS) is 17.5. The molecule has 0 radical (unpaired) electrons. The van der Waals surface area contributed by atoms with Gasteiger partial charge in [0, 0.05) is 37.0 Å². The van der Waals surface area contributed by atoms with Gasteiger partial charge < -0.3 is 15.3 Å².